The number of nitrogens with one attached hydrogen (secondary N) is 1. The summed E-state index contributed by atoms with van der Waals surface area (Å²) in [5.41, 5.74) is 9.16. The van der Waals surface area contributed by atoms with Crippen molar-refractivity contribution in [2.45, 2.75) is 30.5 Å². The molecule has 2 aromatic carbocycles. The molecule has 2 unspecified atom stereocenters. The normalized spacial score (nSPS) is 17.2. The first-order chi connectivity index (χ1) is 15.4. The van der Waals surface area contributed by atoms with Crippen molar-refractivity contribution >= 4 is 46.7 Å². The van der Waals surface area contributed by atoms with Crippen molar-refractivity contribution in [3.05, 3.63) is 69.3 Å². The van der Waals surface area contributed by atoms with E-state index in [4.69, 9.17) is 38.7 Å². The average molecular weight is 489 g/mol. The van der Waals surface area contributed by atoms with E-state index in [1.165, 1.54) is 17.3 Å². The largest absolute Gasteiger partial charge is 0.376 e. The molecular formula is C23H22Cl2N4O2S. The van der Waals surface area contributed by atoms with Crippen LogP contribution in [0.3, 0.4) is 0 Å². The van der Waals surface area contributed by atoms with Gasteiger partial charge in [0.05, 0.1) is 17.2 Å². The molecule has 3 aromatic rings. The molecule has 4 rings (SSSR count). The molecule has 0 fully saturated rings. The maximum Gasteiger partial charge on any atom is 0.271 e. The molecule has 0 spiro atoms. The number of amides is 1. The van der Waals surface area contributed by atoms with Crippen LogP contribution in [0.4, 0.5) is 5.82 Å². The van der Waals surface area contributed by atoms with Crippen LogP contribution in [0.5, 0.6) is 0 Å². The summed E-state index contributed by atoms with van der Waals surface area (Å²) in [6.07, 6.45) is 2.57. The van der Waals surface area contributed by atoms with Crippen molar-refractivity contribution in [2.75, 3.05) is 18.2 Å². The summed E-state index contributed by atoms with van der Waals surface area (Å²) < 4.78 is 5.99. The first-order valence-electron chi connectivity index (χ1n) is 10.1. The lowest BCUT2D eigenvalue weighted by Gasteiger charge is -2.24. The predicted octanol–water partition coefficient (Wildman–Crippen LogP) is 5.39. The average Bonchev–Trinajstić information content (AvgIpc) is 3.11. The Kier molecular flexibility index (Phi) is 6.90. The van der Waals surface area contributed by atoms with Gasteiger partial charge in [-0.05, 0) is 42.5 Å². The van der Waals surface area contributed by atoms with Crippen LogP contribution in [0.15, 0.2) is 47.5 Å². The molecule has 9 heteroatoms. The fourth-order valence-corrected chi connectivity index (χ4v) is 4.97. The molecule has 1 aliphatic rings. The number of nitrogens with two attached hydrogens (primary N) is 1. The number of benzene rings is 2. The predicted molar refractivity (Wildman–Crippen MR) is 130 cm³/mol. The third-order valence-electron chi connectivity index (χ3n) is 5.33. The number of nitrogens with zero attached hydrogens (tertiary/aromatic N) is 2. The van der Waals surface area contributed by atoms with Crippen LogP contribution in [-0.2, 0) is 11.2 Å². The van der Waals surface area contributed by atoms with Gasteiger partial charge in [-0.25, -0.2) is 9.97 Å². The summed E-state index contributed by atoms with van der Waals surface area (Å²) in [7, 11) is 0. The Morgan fingerprint density at radius 2 is 2.03 bits per heavy atom. The molecule has 1 aromatic heterocycles. The van der Waals surface area contributed by atoms with Crippen molar-refractivity contribution < 1.29 is 9.53 Å². The maximum absolute atomic E-state index is 12.4. The van der Waals surface area contributed by atoms with Crippen LogP contribution in [0.2, 0.25) is 10.0 Å². The Bertz CT molecular complexity index is 1170. The number of carbonyl (C=O) groups excluding carboxylic acids is 1. The van der Waals surface area contributed by atoms with Crippen molar-refractivity contribution in [2.24, 2.45) is 5.73 Å². The van der Waals surface area contributed by atoms with Gasteiger partial charge in [0.15, 0.2) is 11.5 Å². The molecule has 2 atom stereocenters. The number of fused-ring (bicyclic) bond motifs is 1. The van der Waals surface area contributed by atoms with E-state index in [0.29, 0.717) is 38.8 Å². The summed E-state index contributed by atoms with van der Waals surface area (Å²) in [6.45, 7) is 2.54. The molecule has 1 heterocycles. The van der Waals surface area contributed by atoms with Gasteiger partial charge in [0.1, 0.15) is 10.7 Å². The van der Waals surface area contributed by atoms with Crippen molar-refractivity contribution in [1.29, 1.82) is 0 Å². The Hall–Kier alpha value is -2.32. The number of carbonyl (C=O) groups is 1. The lowest BCUT2D eigenvalue weighted by Crippen LogP contribution is -2.27. The lowest BCUT2D eigenvalue weighted by atomic mass is 10.1. The molecule has 6 nitrogen and oxygen atoms in total. The van der Waals surface area contributed by atoms with E-state index >= 15 is 0 Å². The van der Waals surface area contributed by atoms with Crippen LogP contribution in [0, 0.1) is 0 Å². The van der Waals surface area contributed by atoms with Crippen LogP contribution in [-0.4, -0.2) is 34.8 Å². The Labute approximate surface area is 200 Å². The van der Waals surface area contributed by atoms with Gasteiger partial charge in [-0.3, -0.25) is 4.79 Å². The minimum absolute atomic E-state index is 0.0449. The molecule has 0 saturated carbocycles. The first-order valence-corrected chi connectivity index (χ1v) is 12.1. The zero-order chi connectivity index (χ0) is 22.8. The molecule has 32 heavy (non-hydrogen) atoms. The molecule has 0 saturated heterocycles. The number of primary amides is 1. The number of ether oxygens (including phenoxy) is 1. The van der Waals surface area contributed by atoms with E-state index in [0.717, 1.165) is 12.0 Å². The van der Waals surface area contributed by atoms with Crippen LogP contribution < -0.4 is 11.1 Å². The van der Waals surface area contributed by atoms with E-state index in [1.807, 2.05) is 25.3 Å². The van der Waals surface area contributed by atoms with Gasteiger partial charge in [-0.2, -0.15) is 0 Å². The van der Waals surface area contributed by atoms with Gasteiger partial charge < -0.3 is 15.8 Å². The summed E-state index contributed by atoms with van der Waals surface area (Å²) in [5, 5.41) is 4.93. The zero-order valence-corrected chi connectivity index (χ0v) is 19.9. The number of thioether (sulfide) groups is 1. The molecule has 0 aliphatic heterocycles. The maximum atomic E-state index is 12.4. The summed E-state index contributed by atoms with van der Waals surface area (Å²) in [6, 6.07) is 13.1. The van der Waals surface area contributed by atoms with E-state index in [9.17, 15) is 4.79 Å². The van der Waals surface area contributed by atoms with Gasteiger partial charge in [0.2, 0.25) is 0 Å². The standard InChI is InChI=1S/C23H22Cl2N4O2S/c1-3-31-17-10-12-6-4-5-7-14(12)18(17)28-22-20(21(26)30)27-19(23(29-22)32-2)15-9-8-13(24)11-16(15)25/h4-9,11,17-18H,3,10H2,1-2H3,(H2,26,30)(H,28,29). The number of aromatic nitrogens is 2. The van der Waals surface area contributed by atoms with Crippen molar-refractivity contribution in [1.82, 2.24) is 9.97 Å². The Morgan fingerprint density at radius 1 is 1.25 bits per heavy atom. The molecular weight excluding hydrogens is 467 g/mol. The van der Waals surface area contributed by atoms with E-state index < -0.39 is 5.91 Å². The molecule has 3 N–H and O–H groups in total. The topological polar surface area (TPSA) is 90.1 Å². The number of hydrogen-bond acceptors (Lipinski definition) is 6. The van der Waals surface area contributed by atoms with Crippen molar-refractivity contribution in [3.63, 3.8) is 0 Å². The second-order valence-corrected chi connectivity index (χ2v) is 8.92. The van der Waals surface area contributed by atoms with Crippen LogP contribution in [0.25, 0.3) is 11.3 Å². The number of halogens is 2. The highest BCUT2D eigenvalue weighted by atomic mass is 35.5. The van der Waals surface area contributed by atoms with Gasteiger partial charge >= 0.3 is 0 Å². The number of anilines is 1. The fourth-order valence-electron chi connectivity index (χ4n) is 3.94. The van der Waals surface area contributed by atoms with E-state index in [2.05, 4.69) is 22.4 Å². The second kappa shape index (κ2) is 9.67. The second-order valence-electron chi connectivity index (χ2n) is 7.29. The highest BCUT2D eigenvalue weighted by Gasteiger charge is 2.34. The quantitative estimate of drug-likeness (QED) is 0.433. The van der Waals surface area contributed by atoms with Crippen LogP contribution >= 0.6 is 35.0 Å². The zero-order valence-electron chi connectivity index (χ0n) is 17.6. The molecule has 1 aliphatic carbocycles. The van der Waals surface area contributed by atoms with Crippen molar-refractivity contribution in [3.8, 4) is 11.3 Å². The summed E-state index contributed by atoms with van der Waals surface area (Å²) in [4.78, 5) is 21.7. The first kappa shape index (κ1) is 22.9. The molecule has 0 bridgehead atoms. The Balaban J connectivity index is 1.80. The number of rotatable bonds is 7. The van der Waals surface area contributed by atoms with Gasteiger partial charge in [-0.1, -0.05) is 47.5 Å². The van der Waals surface area contributed by atoms with Crippen LogP contribution in [0.1, 0.15) is 34.6 Å². The molecule has 1 amide bonds. The minimum atomic E-state index is -0.682. The highest BCUT2D eigenvalue weighted by molar-refractivity contribution is 7.98. The monoisotopic (exact) mass is 488 g/mol. The molecule has 166 valence electrons. The third kappa shape index (κ3) is 4.43. The summed E-state index contributed by atoms with van der Waals surface area (Å²) >= 11 is 13.8. The highest BCUT2D eigenvalue weighted by Crippen LogP contribution is 2.39. The minimum Gasteiger partial charge on any atom is -0.376 e. The lowest BCUT2D eigenvalue weighted by molar-refractivity contribution is 0.0573. The fraction of sp³-hybridized carbons (Fsp3) is 0.261. The molecule has 0 radical (unpaired) electrons. The van der Waals surface area contributed by atoms with Gasteiger partial charge in [-0.15, -0.1) is 11.8 Å². The SMILES string of the molecule is CCOC1Cc2ccccc2C1Nc1nc(SC)c(-c2ccc(Cl)cc2Cl)nc1C(N)=O. The Morgan fingerprint density at radius 3 is 2.72 bits per heavy atom. The third-order valence-corrected chi connectivity index (χ3v) is 6.55. The smallest absolute Gasteiger partial charge is 0.271 e. The van der Waals surface area contributed by atoms with E-state index in [-0.39, 0.29) is 17.8 Å². The summed E-state index contributed by atoms with van der Waals surface area (Å²) in [5.74, 6) is -0.361. The van der Waals surface area contributed by atoms with E-state index in [1.54, 1.807) is 18.2 Å². The van der Waals surface area contributed by atoms with Gasteiger partial charge in [0.25, 0.3) is 5.91 Å². The number of hydrogen-bond donors (Lipinski definition) is 2. The van der Waals surface area contributed by atoms with Gasteiger partial charge in [0, 0.05) is 23.6 Å².